The Labute approximate surface area is 103 Å². The minimum absolute atomic E-state index is 0.0213. The first-order valence-electron chi connectivity index (χ1n) is 6.24. The van der Waals surface area contributed by atoms with Gasteiger partial charge in [0.25, 0.3) is 5.91 Å². The van der Waals surface area contributed by atoms with Crippen LogP contribution in [0.4, 0.5) is 0 Å². The number of carbonyl (C=O) groups is 1. The molecule has 1 heterocycles. The maximum atomic E-state index is 11.9. The van der Waals surface area contributed by atoms with Crippen LogP contribution in [-0.4, -0.2) is 61.4 Å². The summed E-state index contributed by atoms with van der Waals surface area (Å²) < 4.78 is 5.43. The third-order valence-corrected chi connectivity index (χ3v) is 2.88. The van der Waals surface area contributed by atoms with Crippen LogP contribution in [0.15, 0.2) is 0 Å². The average molecular weight is 244 g/mol. The van der Waals surface area contributed by atoms with E-state index in [0.717, 1.165) is 13.0 Å². The van der Waals surface area contributed by atoms with Gasteiger partial charge in [-0.1, -0.05) is 13.8 Å². The molecule has 0 saturated carbocycles. The quantitative estimate of drug-likeness (QED) is 0.705. The third kappa shape index (κ3) is 5.02. The fraction of sp³-hybridized carbons (Fsp3) is 0.917. The van der Waals surface area contributed by atoms with Gasteiger partial charge in [0, 0.05) is 13.1 Å². The van der Waals surface area contributed by atoms with Crippen LogP contribution in [0.25, 0.3) is 0 Å². The lowest BCUT2D eigenvalue weighted by molar-refractivity contribution is -0.139. The second kappa shape index (κ2) is 6.93. The van der Waals surface area contributed by atoms with E-state index in [1.165, 1.54) is 0 Å². The number of hydrogen-bond donors (Lipinski definition) is 2. The maximum absolute atomic E-state index is 11.9. The van der Waals surface area contributed by atoms with E-state index in [-0.39, 0.29) is 18.6 Å². The molecule has 2 atom stereocenters. The monoisotopic (exact) mass is 244 g/mol. The summed E-state index contributed by atoms with van der Waals surface area (Å²) in [7, 11) is 1.97. The molecular weight excluding hydrogens is 220 g/mol. The lowest BCUT2D eigenvalue weighted by Gasteiger charge is -2.30. The fourth-order valence-electron chi connectivity index (χ4n) is 1.98. The van der Waals surface area contributed by atoms with Crippen molar-refractivity contribution in [2.45, 2.75) is 32.4 Å². The number of hydrogen-bond acceptors (Lipinski definition) is 4. The molecule has 1 fully saturated rings. The molecular formula is C12H24N2O3. The molecule has 0 radical (unpaired) electrons. The zero-order chi connectivity index (χ0) is 12.8. The van der Waals surface area contributed by atoms with Crippen molar-refractivity contribution in [1.82, 2.24) is 10.2 Å². The van der Waals surface area contributed by atoms with E-state index in [4.69, 9.17) is 4.74 Å². The number of morpholine rings is 1. The Kier molecular flexibility index (Phi) is 5.88. The van der Waals surface area contributed by atoms with Gasteiger partial charge in [0.15, 0.2) is 0 Å². The van der Waals surface area contributed by atoms with E-state index in [0.29, 0.717) is 19.1 Å². The van der Waals surface area contributed by atoms with Gasteiger partial charge in [0.1, 0.15) is 6.10 Å². The summed E-state index contributed by atoms with van der Waals surface area (Å²) in [4.78, 5) is 14.0. The molecule has 1 aliphatic heterocycles. The number of aliphatic hydroxyl groups excluding tert-OH is 1. The van der Waals surface area contributed by atoms with Crippen molar-refractivity contribution < 1.29 is 14.6 Å². The number of likely N-dealkylation sites (N-methyl/N-ethyl adjacent to an activating group) is 1. The maximum Gasteiger partial charge on any atom is 0.250 e. The first-order chi connectivity index (χ1) is 8.02. The molecule has 2 N–H and O–H groups in total. The first-order valence-corrected chi connectivity index (χ1v) is 6.24. The Balaban J connectivity index is 2.40. The SMILES string of the molecule is CC(C)C[C@@H](CO)NC(=O)[C@H]1CN(C)CCO1. The normalized spacial score (nSPS) is 23.7. The van der Waals surface area contributed by atoms with Gasteiger partial charge in [-0.2, -0.15) is 0 Å². The Hall–Kier alpha value is -0.650. The van der Waals surface area contributed by atoms with Crippen molar-refractivity contribution in [2.75, 3.05) is 33.4 Å². The highest BCUT2D eigenvalue weighted by molar-refractivity contribution is 5.81. The predicted octanol–water partition coefficient (Wildman–Crippen LogP) is -0.160. The van der Waals surface area contributed by atoms with E-state index in [2.05, 4.69) is 24.1 Å². The van der Waals surface area contributed by atoms with Gasteiger partial charge in [-0.05, 0) is 19.4 Å². The number of ether oxygens (including phenoxy) is 1. The second-order valence-electron chi connectivity index (χ2n) is 5.14. The largest absolute Gasteiger partial charge is 0.394 e. The fourth-order valence-corrected chi connectivity index (χ4v) is 1.98. The lowest BCUT2D eigenvalue weighted by atomic mass is 10.0. The zero-order valence-electron chi connectivity index (χ0n) is 11.0. The van der Waals surface area contributed by atoms with E-state index in [9.17, 15) is 9.90 Å². The Morgan fingerprint density at radius 2 is 2.29 bits per heavy atom. The second-order valence-corrected chi connectivity index (χ2v) is 5.14. The van der Waals surface area contributed by atoms with Crippen LogP contribution in [-0.2, 0) is 9.53 Å². The highest BCUT2D eigenvalue weighted by Gasteiger charge is 2.26. The van der Waals surface area contributed by atoms with Crippen molar-refractivity contribution in [3.63, 3.8) is 0 Å². The predicted molar refractivity (Wildman–Crippen MR) is 65.7 cm³/mol. The topological polar surface area (TPSA) is 61.8 Å². The Morgan fingerprint density at radius 1 is 1.59 bits per heavy atom. The van der Waals surface area contributed by atoms with Gasteiger partial charge in [-0.3, -0.25) is 4.79 Å². The van der Waals surface area contributed by atoms with Crippen LogP contribution in [0, 0.1) is 5.92 Å². The van der Waals surface area contributed by atoms with Gasteiger partial charge >= 0.3 is 0 Å². The highest BCUT2D eigenvalue weighted by atomic mass is 16.5. The molecule has 0 bridgehead atoms. The minimum Gasteiger partial charge on any atom is -0.394 e. The van der Waals surface area contributed by atoms with Crippen molar-refractivity contribution in [3.8, 4) is 0 Å². The molecule has 0 spiro atoms. The Bertz CT molecular complexity index is 246. The van der Waals surface area contributed by atoms with Crippen molar-refractivity contribution in [3.05, 3.63) is 0 Å². The molecule has 1 aliphatic rings. The number of amides is 1. The molecule has 0 aliphatic carbocycles. The summed E-state index contributed by atoms with van der Waals surface area (Å²) in [6, 6.07) is -0.168. The van der Waals surface area contributed by atoms with Crippen molar-refractivity contribution >= 4 is 5.91 Å². The average Bonchev–Trinajstić information content (AvgIpc) is 2.27. The van der Waals surface area contributed by atoms with Crippen LogP contribution < -0.4 is 5.32 Å². The van der Waals surface area contributed by atoms with Gasteiger partial charge in [-0.15, -0.1) is 0 Å². The summed E-state index contributed by atoms with van der Waals surface area (Å²) in [5.41, 5.74) is 0. The van der Waals surface area contributed by atoms with Crippen LogP contribution in [0.5, 0.6) is 0 Å². The summed E-state index contributed by atoms with van der Waals surface area (Å²) in [5, 5.41) is 12.1. The van der Waals surface area contributed by atoms with Gasteiger partial charge in [0.2, 0.25) is 0 Å². The molecule has 1 amide bonds. The molecule has 0 aromatic carbocycles. The summed E-state index contributed by atoms with van der Waals surface area (Å²) in [5.74, 6) is 0.332. The summed E-state index contributed by atoms with van der Waals surface area (Å²) >= 11 is 0. The first kappa shape index (κ1) is 14.4. The molecule has 100 valence electrons. The van der Waals surface area contributed by atoms with E-state index in [1.807, 2.05) is 7.05 Å². The van der Waals surface area contributed by atoms with Crippen molar-refractivity contribution in [2.24, 2.45) is 5.92 Å². The molecule has 0 aromatic rings. The van der Waals surface area contributed by atoms with Crippen LogP contribution in [0.2, 0.25) is 0 Å². The molecule has 0 unspecified atom stereocenters. The van der Waals surface area contributed by atoms with E-state index in [1.54, 1.807) is 0 Å². The number of aliphatic hydroxyl groups is 1. The van der Waals surface area contributed by atoms with Crippen LogP contribution in [0.3, 0.4) is 0 Å². The van der Waals surface area contributed by atoms with E-state index < -0.39 is 6.10 Å². The smallest absolute Gasteiger partial charge is 0.250 e. The van der Waals surface area contributed by atoms with E-state index >= 15 is 0 Å². The van der Waals surface area contributed by atoms with Gasteiger partial charge in [0.05, 0.1) is 19.3 Å². The number of rotatable bonds is 5. The lowest BCUT2D eigenvalue weighted by Crippen LogP contribution is -2.51. The summed E-state index contributed by atoms with van der Waals surface area (Å²) in [6.45, 7) is 6.18. The van der Waals surface area contributed by atoms with Crippen LogP contribution in [0.1, 0.15) is 20.3 Å². The third-order valence-electron chi connectivity index (χ3n) is 2.88. The number of nitrogens with zero attached hydrogens (tertiary/aromatic N) is 1. The molecule has 5 heteroatoms. The van der Waals surface area contributed by atoms with Gasteiger partial charge in [-0.25, -0.2) is 0 Å². The van der Waals surface area contributed by atoms with Gasteiger partial charge < -0.3 is 20.1 Å². The molecule has 1 rings (SSSR count). The molecule has 17 heavy (non-hydrogen) atoms. The molecule has 5 nitrogen and oxygen atoms in total. The highest BCUT2D eigenvalue weighted by Crippen LogP contribution is 2.07. The summed E-state index contributed by atoms with van der Waals surface area (Å²) in [6.07, 6.45) is 0.375. The standard InChI is InChI=1S/C12H24N2O3/c1-9(2)6-10(8-15)13-12(16)11-7-14(3)4-5-17-11/h9-11,15H,4-8H2,1-3H3,(H,13,16)/t10-,11+/m0/s1. The van der Waals surface area contributed by atoms with Crippen LogP contribution >= 0.6 is 0 Å². The van der Waals surface area contributed by atoms with Crippen molar-refractivity contribution in [1.29, 1.82) is 0 Å². The number of nitrogens with one attached hydrogen (secondary N) is 1. The number of carbonyl (C=O) groups excluding carboxylic acids is 1. The minimum atomic E-state index is -0.407. The molecule has 0 aromatic heterocycles. The Morgan fingerprint density at radius 3 is 2.82 bits per heavy atom. The zero-order valence-corrected chi connectivity index (χ0v) is 11.0. The molecule has 1 saturated heterocycles.